The number of benzene rings is 1. The van der Waals surface area contributed by atoms with E-state index in [9.17, 15) is 14.4 Å². The molecular weight excluding hydrogens is 663 g/mol. The van der Waals surface area contributed by atoms with Crippen LogP contribution in [0.4, 0.5) is 9.59 Å². The van der Waals surface area contributed by atoms with Gasteiger partial charge < -0.3 is 30.3 Å². The van der Waals surface area contributed by atoms with Crippen LogP contribution < -0.4 is 16.0 Å². The maximum atomic E-state index is 13.8. The van der Waals surface area contributed by atoms with Gasteiger partial charge in [0.2, 0.25) is 5.91 Å². The van der Waals surface area contributed by atoms with Crippen LogP contribution in [0.15, 0.2) is 47.4 Å². The van der Waals surface area contributed by atoms with Crippen molar-refractivity contribution >= 4 is 40.7 Å². The van der Waals surface area contributed by atoms with Crippen LogP contribution >= 0.6 is 22.7 Å². The Kier molecular flexibility index (Phi) is 15.7. The fraction of sp³-hybridized carbons (Fsp3) is 0.571. The summed E-state index contributed by atoms with van der Waals surface area (Å²) in [5.41, 5.74) is 3.63. The maximum Gasteiger partial charge on any atom is 0.407 e. The topological polar surface area (TPSA) is 138 Å². The zero-order valence-electron chi connectivity index (χ0n) is 29.1. The van der Waals surface area contributed by atoms with Crippen LogP contribution in [-0.2, 0) is 33.8 Å². The Morgan fingerprint density at radius 3 is 2.45 bits per heavy atom. The molecule has 0 saturated carbocycles. The van der Waals surface area contributed by atoms with Gasteiger partial charge in [0, 0.05) is 56.3 Å². The molecule has 14 heteroatoms. The molecule has 1 aliphatic rings. The average molecular weight is 714 g/mol. The summed E-state index contributed by atoms with van der Waals surface area (Å²) < 4.78 is 10.9. The summed E-state index contributed by atoms with van der Waals surface area (Å²) in [6.45, 7) is 10.3. The molecule has 0 radical (unpaired) electrons. The van der Waals surface area contributed by atoms with Gasteiger partial charge in [-0.25, -0.2) is 14.6 Å². The molecule has 49 heavy (non-hydrogen) atoms. The van der Waals surface area contributed by atoms with Crippen LogP contribution in [0.1, 0.15) is 73.5 Å². The lowest BCUT2D eigenvalue weighted by molar-refractivity contribution is -0.124. The molecule has 3 N–H and O–H groups in total. The molecule has 3 unspecified atom stereocenters. The Hall–Kier alpha value is -3.59. The minimum absolute atomic E-state index is 0.147. The number of morpholine rings is 1. The van der Waals surface area contributed by atoms with Crippen molar-refractivity contribution in [1.29, 1.82) is 0 Å². The molecule has 1 fully saturated rings. The van der Waals surface area contributed by atoms with E-state index in [1.807, 2.05) is 42.6 Å². The van der Waals surface area contributed by atoms with Gasteiger partial charge in [0.05, 0.1) is 40.8 Å². The van der Waals surface area contributed by atoms with E-state index in [0.717, 1.165) is 34.2 Å². The van der Waals surface area contributed by atoms with E-state index in [1.54, 1.807) is 35.0 Å². The first-order valence-corrected chi connectivity index (χ1v) is 18.9. The molecule has 268 valence electrons. The van der Waals surface area contributed by atoms with Crippen molar-refractivity contribution in [1.82, 2.24) is 35.7 Å². The quantitative estimate of drug-likeness (QED) is 0.164. The number of thiazole rings is 2. The molecule has 12 nitrogen and oxygen atoms in total. The van der Waals surface area contributed by atoms with Crippen LogP contribution in [0.2, 0.25) is 0 Å². The summed E-state index contributed by atoms with van der Waals surface area (Å²) in [6, 6.07) is 8.61. The molecule has 4 rings (SSSR count). The summed E-state index contributed by atoms with van der Waals surface area (Å²) >= 11 is 3.03. The lowest BCUT2D eigenvalue weighted by Crippen LogP contribution is -2.53. The number of ether oxygens (including phenoxy) is 2. The Balaban J connectivity index is 1.36. The minimum atomic E-state index is -0.714. The number of aromatic nitrogens is 2. The standard InChI is InChI=1S/C35H51N7O5S2/c1-5-27(11-12-28(19-26-9-7-6-8-10-26)39-35(45)47-22-30-20-36-24-49-30)37-32(43)31(13-14-42-15-17-46-18-16-42)40-34(44)41(4)21-29-23-48-33(38-29)25(2)3/h6-10,20,23-25,27-28,31H,5,11-19,21-22H2,1-4H3,(H,37,43)(H,39,45)(H,40,44). The first-order valence-electron chi connectivity index (χ1n) is 17.1. The average Bonchev–Trinajstić information content (AvgIpc) is 3.81. The van der Waals surface area contributed by atoms with E-state index in [-0.39, 0.29) is 30.6 Å². The number of nitrogens with zero attached hydrogens (tertiary/aromatic N) is 4. The highest BCUT2D eigenvalue weighted by atomic mass is 32.1. The van der Waals surface area contributed by atoms with Crippen LogP contribution in [0.25, 0.3) is 0 Å². The van der Waals surface area contributed by atoms with Gasteiger partial charge >= 0.3 is 12.1 Å². The molecular formula is C35H51N7O5S2. The van der Waals surface area contributed by atoms with Gasteiger partial charge in [-0.05, 0) is 37.7 Å². The molecule has 3 heterocycles. The number of amides is 4. The minimum Gasteiger partial charge on any atom is -0.444 e. The molecule has 1 saturated heterocycles. The zero-order valence-corrected chi connectivity index (χ0v) is 30.7. The third-order valence-corrected chi connectivity index (χ3v) is 10.4. The monoisotopic (exact) mass is 713 g/mol. The molecule has 3 atom stereocenters. The summed E-state index contributed by atoms with van der Waals surface area (Å²) in [7, 11) is 1.72. The summed E-state index contributed by atoms with van der Waals surface area (Å²) in [5.74, 6) is 0.110. The summed E-state index contributed by atoms with van der Waals surface area (Å²) in [4.78, 5) is 53.3. The van der Waals surface area contributed by atoms with Crippen LogP contribution in [-0.4, -0.2) is 95.8 Å². The Morgan fingerprint density at radius 2 is 1.78 bits per heavy atom. The maximum absolute atomic E-state index is 13.8. The first-order chi connectivity index (χ1) is 23.7. The fourth-order valence-corrected chi connectivity index (χ4v) is 6.84. The zero-order chi connectivity index (χ0) is 35.0. The molecule has 3 aromatic rings. The van der Waals surface area contributed by atoms with Crippen molar-refractivity contribution in [2.75, 3.05) is 39.9 Å². The van der Waals surface area contributed by atoms with Crippen molar-refractivity contribution in [3.05, 3.63) is 68.6 Å². The van der Waals surface area contributed by atoms with E-state index in [2.05, 4.69) is 44.7 Å². The predicted octanol–water partition coefficient (Wildman–Crippen LogP) is 5.17. The number of nitrogens with one attached hydrogen (secondary N) is 3. The van der Waals surface area contributed by atoms with Gasteiger partial charge in [-0.1, -0.05) is 51.1 Å². The molecule has 1 aromatic carbocycles. The second-order valence-electron chi connectivity index (χ2n) is 12.7. The van der Waals surface area contributed by atoms with Crippen LogP contribution in [0.5, 0.6) is 0 Å². The molecule has 1 aliphatic heterocycles. The highest BCUT2D eigenvalue weighted by molar-refractivity contribution is 7.09. The van der Waals surface area contributed by atoms with Crippen molar-refractivity contribution in [3.63, 3.8) is 0 Å². The molecule has 2 aromatic heterocycles. The van der Waals surface area contributed by atoms with Gasteiger partial charge in [-0.15, -0.1) is 22.7 Å². The number of rotatable bonds is 18. The lowest BCUT2D eigenvalue weighted by atomic mass is 9.98. The lowest BCUT2D eigenvalue weighted by Gasteiger charge is -2.30. The second-order valence-corrected chi connectivity index (χ2v) is 14.6. The van der Waals surface area contributed by atoms with Crippen molar-refractivity contribution in [2.24, 2.45) is 0 Å². The smallest absolute Gasteiger partial charge is 0.407 e. The number of hydrogen-bond donors (Lipinski definition) is 3. The fourth-order valence-electron chi connectivity index (χ4n) is 5.50. The first kappa shape index (κ1) is 38.2. The Labute approximate surface area is 298 Å². The molecule has 0 aliphatic carbocycles. The highest BCUT2D eigenvalue weighted by Crippen LogP contribution is 2.20. The Bertz CT molecular complexity index is 1420. The van der Waals surface area contributed by atoms with E-state index in [0.29, 0.717) is 64.3 Å². The Morgan fingerprint density at radius 1 is 1.02 bits per heavy atom. The number of hydrogen-bond acceptors (Lipinski definition) is 10. The van der Waals surface area contributed by atoms with Gasteiger partial charge in [0.25, 0.3) is 0 Å². The van der Waals surface area contributed by atoms with Crippen molar-refractivity contribution in [2.45, 2.75) is 90.1 Å². The number of carbonyl (C=O) groups excluding carboxylic acids is 3. The largest absolute Gasteiger partial charge is 0.444 e. The van der Waals surface area contributed by atoms with Crippen molar-refractivity contribution in [3.8, 4) is 0 Å². The number of urea groups is 1. The predicted molar refractivity (Wildman–Crippen MR) is 193 cm³/mol. The van der Waals surface area contributed by atoms with Gasteiger partial charge in [0.15, 0.2) is 0 Å². The summed E-state index contributed by atoms with van der Waals surface area (Å²) in [5, 5.41) is 12.3. The third-order valence-electron chi connectivity index (χ3n) is 8.44. The van der Waals surface area contributed by atoms with E-state index in [1.165, 1.54) is 11.3 Å². The molecule has 4 amide bonds. The number of carbonyl (C=O) groups is 3. The van der Waals surface area contributed by atoms with Gasteiger partial charge in [0.1, 0.15) is 12.6 Å². The second kappa shape index (κ2) is 20.2. The van der Waals surface area contributed by atoms with E-state index >= 15 is 0 Å². The SMILES string of the molecule is CCC(CCC(Cc1ccccc1)NC(=O)OCc1cncs1)NC(=O)C(CCN1CCOCC1)NC(=O)N(C)Cc1csc(C(C)C)n1. The van der Waals surface area contributed by atoms with Gasteiger partial charge in [-0.3, -0.25) is 14.7 Å². The highest BCUT2D eigenvalue weighted by Gasteiger charge is 2.26. The van der Waals surface area contributed by atoms with Crippen LogP contribution in [0.3, 0.4) is 0 Å². The number of alkyl carbamates (subject to hydrolysis) is 1. The van der Waals surface area contributed by atoms with E-state index < -0.39 is 12.1 Å². The summed E-state index contributed by atoms with van der Waals surface area (Å²) in [6.07, 6.45) is 4.27. The van der Waals surface area contributed by atoms with Crippen molar-refractivity contribution < 1.29 is 23.9 Å². The molecule has 0 bridgehead atoms. The normalized spacial score (nSPS) is 15.3. The van der Waals surface area contributed by atoms with Gasteiger partial charge in [-0.2, -0.15) is 0 Å². The third kappa shape index (κ3) is 13.3. The van der Waals surface area contributed by atoms with Crippen LogP contribution in [0, 0.1) is 0 Å². The molecule has 0 spiro atoms. The van der Waals surface area contributed by atoms with E-state index in [4.69, 9.17) is 9.47 Å².